The third-order valence-electron chi connectivity index (χ3n) is 5.88. The van der Waals surface area contributed by atoms with E-state index in [-0.39, 0.29) is 17.9 Å². The summed E-state index contributed by atoms with van der Waals surface area (Å²) in [6.45, 7) is 2.22. The number of carbonyl (C=O) groups is 1. The summed E-state index contributed by atoms with van der Waals surface area (Å²) in [7, 11) is 0. The summed E-state index contributed by atoms with van der Waals surface area (Å²) in [6.07, 6.45) is 8.55. The van der Waals surface area contributed by atoms with Crippen molar-refractivity contribution in [2.45, 2.75) is 50.6 Å². The fourth-order valence-electron chi connectivity index (χ4n) is 4.44. The van der Waals surface area contributed by atoms with Gasteiger partial charge < -0.3 is 5.32 Å². The number of halogens is 1. The van der Waals surface area contributed by atoms with Gasteiger partial charge in [0.15, 0.2) is 0 Å². The van der Waals surface area contributed by atoms with Crippen molar-refractivity contribution in [3.8, 4) is 0 Å². The standard InChI is InChI=1S/C21H28FN5O/c22-18-10-4-3-9-17(18)19(26-13-5-6-14-26)15-23-21(28)25-20-11-12-24-27(20)16-7-1-2-8-16/h3-4,9-12,16,19H,1-2,5-8,13-15H2,(H2,23,25,28). The first-order valence-corrected chi connectivity index (χ1v) is 10.3. The van der Waals surface area contributed by atoms with Crippen LogP contribution < -0.4 is 10.6 Å². The highest BCUT2D eigenvalue weighted by molar-refractivity contribution is 5.88. The van der Waals surface area contributed by atoms with Crippen molar-refractivity contribution in [1.29, 1.82) is 0 Å². The molecule has 0 bridgehead atoms. The third-order valence-corrected chi connectivity index (χ3v) is 5.88. The Labute approximate surface area is 165 Å². The van der Waals surface area contributed by atoms with E-state index in [9.17, 15) is 9.18 Å². The number of carbonyl (C=O) groups excluding carboxylic acids is 1. The number of nitrogens with zero attached hydrogens (tertiary/aromatic N) is 3. The summed E-state index contributed by atoms with van der Waals surface area (Å²) in [5.74, 6) is 0.494. The van der Waals surface area contributed by atoms with Crippen LogP contribution in [0.3, 0.4) is 0 Å². The zero-order chi connectivity index (χ0) is 19.3. The van der Waals surface area contributed by atoms with Crippen LogP contribution in [0.15, 0.2) is 36.5 Å². The van der Waals surface area contributed by atoms with E-state index in [0.29, 0.717) is 24.0 Å². The summed E-state index contributed by atoms with van der Waals surface area (Å²) in [6, 6.07) is 8.60. The molecule has 0 radical (unpaired) electrons. The van der Waals surface area contributed by atoms with E-state index < -0.39 is 0 Å². The lowest BCUT2D eigenvalue weighted by Gasteiger charge is -2.28. The lowest BCUT2D eigenvalue weighted by Crippen LogP contribution is -2.39. The van der Waals surface area contributed by atoms with Crippen molar-refractivity contribution < 1.29 is 9.18 Å². The number of benzene rings is 1. The molecule has 28 heavy (non-hydrogen) atoms. The molecule has 2 N–H and O–H groups in total. The molecule has 6 nitrogen and oxygen atoms in total. The average Bonchev–Trinajstić information content (AvgIpc) is 3.46. The molecule has 1 saturated heterocycles. The number of rotatable bonds is 6. The van der Waals surface area contributed by atoms with Crippen LogP contribution in [-0.4, -0.2) is 40.3 Å². The maximum atomic E-state index is 14.4. The van der Waals surface area contributed by atoms with Gasteiger partial charge >= 0.3 is 6.03 Å². The second-order valence-corrected chi connectivity index (χ2v) is 7.71. The van der Waals surface area contributed by atoms with Crippen molar-refractivity contribution >= 4 is 11.8 Å². The first-order valence-electron chi connectivity index (χ1n) is 10.3. The molecule has 150 valence electrons. The quantitative estimate of drug-likeness (QED) is 0.787. The molecule has 1 aromatic heterocycles. The molecule has 2 aliphatic rings. The number of urea groups is 1. The molecule has 1 aromatic carbocycles. The van der Waals surface area contributed by atoms with Crippen LogP contribution in [0.4, 0.5) is 15.0 Å². The van der Waals surface area contributed by atoms with E-state index >= 15 is 0 Å². The van der Waals surface area contributed by atoms with Crippen molar-refractivity contribution in [1.82, 2.24) is 20.0 Å². The number of nitrogens with one attached hydrogen (secondary N) is 2. The smallest absolute Gasteiger partial charge is 0.320 e. The van der Waals surface area contributed by atoms with Crippen molar-refractivity contribution in [3.05, 3.63) is 47.9 Å². The summed E-state index contributed by atoms with van der Waals surface area (Å²) < 4.78 is 16.3. The predicted octanol–water partition coefficient (Wildman–Crippen LogP) is 4.10. The Kier molecular flexibility index (Phi) is 5.90. The Balaban J connectivity index is 1.41. The molecule has 2 aromatic rings. The van der Waals surface area contributed by atoms with E-state index in [1.54, 1.807) is 12.3 Å². The number of likely N-dealkylation sites (tertiary alicyclic amines) is 1. The monoisotopic (exact) mass is 385 g/mol. The van der Waals surface area contributed by atoms with Gasteiger partial charge in [-0.2, -0.15) is 5.10 Å². The van der Waals surface area contributed by atoms with Gasteiger partial charge in [-0.05, 0) is 44.8 Å². The zero-order valence-corrected chi connectivity index (χ0v) is 16.1. The normalized spacial score (nSPS) is 19.0. The van der Waals surface area contributed by atoms with Gasteiger partial charge in [-0.1, -0.05) is 31.0 Å². The van der Waals surface area contributed by atoms with E-state index in [1.165, 1.54) is 18.9 Å². The Morgan fingerprint density at radius 2 is 1.89 bits per heavy atom. The Morgan fingerprint density at radius 3 is 2.64 bits per heavy atom. The number of hydrogen-bond donors (Lipinski definition) is 2. The molecule has 0 spiro atoms. The molecule has 7 heteroatoms. The second kappa shape index (κ2) is 8.73. The largest absolute Gasteiger partial charge is 0.336 e. The van der Waals surface area contributed by atoms with Crippen LogP contribution in [0.1, 0.15) is 56.2 Å². The molecule has 1 aliphatic carbocycles. The first-order chi connectivity index (χ1) is 13.7. The molecule has 4 rings (SSSR count). The third kappa shape index (κ3) is 4.19. The Morgan fingerprint density at radius 1 is 1.14 bits per heavy atom. The van der Waals surface area contributed by atoms with Crippen LogP contribution in [-0.2, 0) is 0 Å². The second-order valence-electron chi connectivity index (χ2n) is 7.71. The molecule has 1 saturated carbocycles. The van der Waals surface area contributed by atoms with Gasteiger partial charge in [0, 0.05) is 18.2 Å². The minimum absolute atomic E-state index is 0.158. The van der Waals surface area contributed by atoms with Gasteiger partial charge in [-0.15, -0.1) is 0 Å². The Hall–Kier alpha value is -2.41. The van der Waals surface area contributed by atoms with E-state index in [0.717, 1.165) is 38.8 Å². The van der Waals surface area contributed by atoms with Crippen molar-refractivity contribution in [2.24, 2.45) is 0 Å². The van der Waals surface area contributed by atoms with Crippen molar-refractivity contribution in [2.75, 3.05) is 25.0 Å². The number of anilines is 1. The fraction of sp³-hybridized carbons (Fsp3) is 0.524. The SMILES string of the molecule is O=C(NCC(c1ccccc1F)N1CCCC1)Nc1ccnn1C1CCCC1. The first kappa shape index (κ1) is 18.9. The van der Waals surface area contributed by atoms with Crippen LogP contribution in [0.2, 0.25) is 0 Å². The molecule has 2 heterocycles. The maximum absolute atomic E-state index is 14.4. The van der Waals surface area contributed by atoms with Crippen molar-refractivity contribution in [3.63, 3.8) is 0 Å². The van der Waals surface area contributed by atoms with E-state index in [4.69, 9.17) is 0 Å². The topological polar surface area (TPSA) is 62.2 Å². The van der Waals surface area contributed by atoms with Crippen LogP contribution >= 0.6 is 0 Å². The molecule has 2 amide bonds. The van der Waals surface area contributed by atoms with Crippen LogP contribution in [0, 0.1) is 5.82 Å². The fourth-order valence-corrected chi connectivity index (χ4v) is 4.44. The number of hydrogen-bond acceptors (Lipinski definition) is 3. The van der Waals surface area contributed by atoms with E-state index in [1.807, 2.05) is 22.9 Å². The molecular weight excluding hydrogens is 357 g/mol. The predicted molar refractivity (Wildman–Crippen MR) is 107 cm³/mol. The summed E-state index contributed by atoms with van der Waals surface area (Å²) in [5.41, 5.74) is 0.640. The minimum atomic E-state index is -0.278. The molecule has 1 unspecified atom stereocenters. The summed E-state index contributed by atoms with van der Waals surface area (Å²) in [5, 5.41) is 10.2. The average molecular weight is 385 g/mol. The number of amides is 2. The Bertz CT molecular complexity index is 796. The highest BCUT2D eigenvalue weighted by Crippen LogP contribution is 2.31. The summed E-state index contributed by atoms with van der Waals surface area (Å²) in [4.78, 5) is 14.8. The highest BCUT2D eigenvalue weighted by atomic mass is 19.1. The lowest BCUT2D eigenvalue weighted by atomic mass is 10.0. The van der Waals surface area contributed by atoms with E-state index in [2.05, 4.69) is 20.6 Å². The zero-order valence-electron chi connectivity index (χ0n) is 16.1. The van der Waals surface area contributed by atoms with Gasteiger partial charge in [0.25, 0.3) is 0 Å². The van der Waals surface area contributed by atoms with Gasteiger partial charge in [0.05, 0.1) is 18.3 Å². The molecule has 2 fully saturated rings. The van der Waals surface area contributed by atoms with Gasteiger partial charge in [-0.3, -0.25) is 10.2 Å². The molecule has 1 atom stereocenters. The van der Waals surface area contributed by atoms with Crippen LogP contribution in [0.5, 0.6) is 0 Å². The molecule has 1 aliphatic heterocycles. The minimum Gasteiger partial charge on any atom is -0.336 e. The van der Waals surface area contributed by atoms with Gasteiger partial charge in [-0.25, -0.2) is 13.9 Å². The maximum Gasteiger partial charge on any atom is 0.320 e. The lowest BCUT2D eigenvalue weighted by molar-refractivity contribution is 0.224. The van der Waals surface area contributed by atoms with Gasteiger partial charge in [0.1, 0.15) is 11.6 Å². The van der Waals surface area contributed by atoms with Gasteiger partial charge in [0.2, 0.25) is 0 Å². The number of aromatic nitrogens is 2. The highest BCUT2D eigenvalue weighted by Gasteiger charge is 2.26. The molecular formula is C21H28FN5O. The van der Waals surface area contributed by atoms with Crippen LogP contribution in [0.25, 0.3) is 0 Å². The summed E-state index contributed by atoms with van der Waals surface area (Å²) >= 11 is 0.